The van der Waals surface area contributed by atoms with E-state index >= 15 is 0 Å². The van der Waals surface area contributed by atoms with Gasteiger partial charge in [0.2, 0.25) is 0 Å². The van der Waals surface area contributed by atoms with Crippen LogP contribution >= 0.6 is 22.7 Å². The van der Waals surface area contributed by atoms with E-state index in [0.717, 1.165) is 15.8 Å². The zero-order chi connectivity index (χ0) is 11.8. The molecule has 2 aromatic rings. The number of aryl methyl sites for hydroxylation is 2. The van der Waals surface area contributed by atoms with Crippen molar-refractivity contribution in [2.75, 3.05) is 5.32 Å². The number of nitrogens with zero attached hydrogens (tertiary/aromatic N) is 2. The standard InChI is InChI=1S/C11H15N3S2/c1-7-8(2)16-10(13-7)14-11(3,4)9-12-5-6-15-9/h5-6H,1-4H3,(H,13,14). The molecule has 86 valence electrons. The van der Waals surface area contributed by atoms with Crippen LogP contribution in [0, 0.1) is 13.8 Å². The Hall–Kier alpha value is -0.940. The van der Waals surface area contributed by atoms with Crippen molar-refractivity contribution >= 4 is 27.8 Å². The second kappa shape index (κ2) is 4.14. The van der Waals surface area contributed by atoms with Crippen LogP contribution in [0.5, 0.6) is 0 Å². The van der Waals surface area contributed by atoms with E-state index in [9.17, 15) is 0 Å². The number of anilines is 1. The first-order chi connectivity index (χ1) is 7.49. The van der Waals surface area contributed by atoms with E-state index < -0.39 is 0 Å². The Morgan fingerprint density at radius 3 is 2.56 bits per heavy atom. The Balaban J connectivity index is 2.21. The first-order valence-corrected chi connectivity index (χ1v) is 6.81. The molecule has 0 radical (unpaired) electrons. The van der Waals surface area contributed by atoms with Gasteiger partial charge in [0.25, 0.3) is 0 Å². The fourth-order valence-electron chi connectivity index (χ4n) is 1.38. The van der Waals surface area contributed by atoms with Crippen LogP contribution in [0.1, 0.15) is 29.4 Å². The molecule has 0 saturated heterocycles. The van der Waals surface area contributed by atoms with Crippen LogP contribution in [-0.2, 0) is 5.54 Å². The summed E-state index contributed by atoms with van der Waals surface area (Å²) in [5, 5.41) is 7.48. The smallest absolute Gasteiger partial charge is 0.183 e. The lowest BCUT2D eigenvalue weighted by Gasteiger charge is -2.23. The summed E-state index contributed by atoms with van der Waals surface area (Å²) in [5.41, 5.74) is 0.938. The molecule has 0 atom stereocenters. The van der Waals surface area contributed by atoms with Gasteiger partial charge in [-0.25, -0.2) is 9.97 Å². The second-order valence-corrected chi connectivity index (χ2v) is 6.35. The molecule has 0 aliphatic rings. The molecule has 2 rings (SSSR count). The van der Waals surface area contributed by atoms with Gasteiger partial charge in [0.15, 0.2) is 5.13 Å². The summed E-state index contributed by atoms with van der Waals surface area (Å²) >= 11 is 3.36. The molecule has 0 bridgehead atoms. The molecule has 3 nitrogen and oxygen atoms in total. The Labute approximate surface area is 104 Å². The predicted molar refractivity (Wildman–Crippen MR) is 70.4 cm³/mol. The maximum Gasteiger partial charge on any atom is 0.183 e. The molecule has 0 unspecified atom stereocenters. The van der Waals surface area contributed by atoms with Gasteiger partial charge in [-0.05, 0) is 27.7 Å². The van der Waals surface area contributed by atoms with E-state index in [2.05, 4.69) is 36.1 Å². The highest BCUT2D eigenvalue weighted by Gasteiger charge is 2.24. The molecule has 2 aromatic heterocycles. The van der Waals surface area contributed by atoms with Crippen molar-refractivity contribution in [3.8, 4) is 0 Å². The Bertz CT molecular complexity index is 452. The predicted octanol–water partition coefficient (Wildman–Crippen LogP) is 3.56. The van der Waals surface area contributed by atoms with Gasteiger partial charge in [-0.2, -0.15) is 0 Å². The number of hydrogen-bond donors (Lipinski definition) is 1. The van der Waals surface area contributed by atoms with E-state index in [-0.39, 0.29) is 5.54 Å². The minimum atomic E-state index is -0.162. The van der Waals surface area contributed by atoms with E-state index in [0.29, 0.717) is 0 Å². The normalized spacial score (nSPS) is 11.8. The minimum absolute atomic E-state index is 0.162. The van der Waals surface area contributed by atoms with Gasteiger partial charge < -0.3 is 5.32 Å². The van der Waals surface area contributed by atoms with Crippen molar-refractivity contribution in [2.24, 2.45) is 0 Å². The van der Waals surface area contributed by atoms with Crippen LogP contribution < -0.4 is 5.32 Å². The van der Waals surface area contributed by atoms with Crippen molar-refractivity contribution in [3.63, 3.8) is 0 Å². The Morgan fingerprint density at radius 1 is 1.31 bits per heavy atom. The van der Waals surface area contributed by atoms with Crippen LogP contribution in [0.25, 0.3) is 0 Å². The Morgan fingerprint density at radius 2 is 2.06 bits per heavy atom. The zero-order valence-electron chi connectivity index (χ0n) is 9.87. The molecule has 0 saturated carbocycles. The van der Waals surface area contributed by atoms with Gasteiger partial charge in [0.05, 0.1) is 11.2 Å². The van der Waals surface area contributed by atoms with Crippen LogP contribution in [0.2, 0.25) is 0 Å². The number of aromatic nitrogens is 2. The van der Waals surface area contributed by atoms with Crippen molar-refractivity contribution in [2.45, 2.75) is 33.2 Å². The first-order valence-electron chi connectivity index (χ1n) is 5.11. The fraction of sp³-hybridized carbons (Fsp3) is 0.455. The maximum absolute atomic E-state index is 4.49. The topological polar surface area (TPSA) is 37.8 Å². The first kappa shape index (κ1) is 11.5. The molecule has 0 aromatic carbocycles. The highest BCUT2D eigenvalue weighted by Crippen LogP contribution is 2.30. The summed E-state index contributed by atoms with van der Waals surface area (Å²) in [6.45, 7) is 8.37. The van der Waals surface area contributed by atoms with Crippen molar-refractivity contribution in [1.29, 1.82) is 0 Å². The minimum Gasteiger partial charge on any atom is -0.350 e. The van der Waals surface area contributed by atoms with Gasteiger partial charge in [-0.15, -0.1) is 22.7 Å². The number of rotatable bonds is 3. The monoisotopic (exact) mass is 253 g/mol. The van der Waals surface area contributed by atoms with Gasteiger partial charge in [0.1, 0.15) is 5.01 Å². The van der Waals surface area contributed by atoms with E-state index in [1.165, 1.54) is 4.88 Å². The molecular formula is C11H15N3S2. The Kier molecular flexibility index (Phi) is 2.99. The van der Waals surface area contributed by atoms with Crippen molar-refractivity contribution < 1.29 is 0 Å². The highest BCUT2D eigenvalue weighted by atomic mass is 32.1. The molecule has 5 heteroatoms. The van der Waals surface area contributed by atoms with E-state index in [4.69, 9.17) is 0 Å². The van der Waals surface area contributed by atoms with Crippen molar-refractivity contribution in [1.82, 2.24) is 9.97 Å². The molecule has 0 aliphatic heterocycles. The molecule has 0 amide bonds. The average Bonchev–Trinajstić information content (AvgIpc) is 2.77. The lowest BCUT2D eigenvalue weighted by molar-refractivity contribution is 0.603. The van der Waals surface area contributed by atoms with Gasteiger partial charge in [-0.1, -0.05) is 0 Å². The third-order valence-electron chi connectivity index (χ3n) is 2.41. The largest absolute Gasteiger partial charge is 0.350 e. The van der Waals surface area contributed by atoms with Crippen LogP contribution in [0.3, 0.4) is 0 Å². The van der Waals surface area contributed by atoms with Crippen molar-refractivity contribution in [3.05, 3.63) is 27.2 Å². The fourth-order valence-corrected chi connectivity index (χ4v) is 3.07. The second-order valence-electron chi connectivity index (χ2n) is 4.25. The lowest BCUT2D eigenvalue weighted by atomic mass is 10.1. The SMILES string of the molecule is Cc1nc(NC(C)(C)c2nccs2)sc1C. The molecular weight excluding hydrogens is 238 g/mol. The summed E-state index contributed by atoms with van der Waals surface area (Å²) in [6.07, 6.45) is 1.84. The van der Waals surface area contributed by atoms with Crippen LogP contribution in [0.15, 0.2) is 11.6 Å². The summed E-state index contributed by atoms with van der Waals surface area (Å²) in [6, 6.07) is 0. The quantitative estimate of drug-likeness (QED) is 0.908. The molecule has 0 aliphatic carbocycles. The van der Waals surface area contributed by atoms with Gasteiger partial charge in [-0.3, -0.25) is 0 Å². The summed E-state index contributed by atoms with van der Waals surface area (Å²) in [7, 11) is 0. The van der Waals surface area contributed by atoms with Gasteiger partial charge >= 0.3 is 0 Å². The zero-order valence-corrected chi connectivity index (χ0v) is 11.5. The molecule has 16 heavy (non-hydrogen) atoms. The van der Waals surface area contributed by atoms with E-state index in [1.54, 1.807) is 22.7 Å². The number of nitrogens with one attached hydrogen (secondary N) is 1. The lowest BCUT2D eigenvalue weighted by Crippen LogP contribution is -2.27. The molecule has 1 N–H and O–H groups in total. The third-order valence-corrected chi connectivity index (χ3v) is 4.50. The van der Waals surface area contributed by atoms with Gasteiger partial charge in [0, 0.05) is 16.5 Å². The van der Waals surface area contributed by atoms with E-state index in [1.807, 2.05) is 18.5 Å². The number of hydrogen-bond acceptors (Lipinski definition) is 5. The third kappa shape index (κ3) is 2.25. The summed E-state index contributed by atoms with van der Waals surface area (Å²) < 4.78 is 0. The molecule has 0 fully saturated rings. The molecule has 0 spiro atoms. The van der Waals surface area contributed by atoms with Crippen LogP contribution in [0.4, 0.5) is 5.13 Å². The maximum atomic E-state index is 4.49. The number of thiazole rings is 2. The van der Waals surface area contributed by atoms with Crippen LogP contribution in [-0.4, -0.2) is 9.97 Å². The average molecular weight is 253 g/mol. The molecule has 2 heterocycles. The highest BCUT2D eigenvalue weighted by molar-refractivity contribution is 7.15. The summed E-state index contributed by atoms with van der Waals surface area (Å²) in [4.78, 5) is 10.1. The summed E-state index contributed by atoms with van der Waals surface area (Å²) in [5.74, 6) is 0.